The number of hydrogen-bond acceptors (Lipinski definition) is 3. The number of nitrogens with one attached hydrogen (secondary N) is 1. The van der Waals surface area contributed by atoms with Crippen molar-refractivity contribution >= 4 is 17.9 Å². The highest BCUT2D eigenvalue weighted by atomic mass is 16.4. The quantitative estimate of drug-likeness (QED) is 0.718. The zero-order chi connectivity index (χ0) is 13.9. The topological polar surface area (TPSA) is 90.0 Å². The maximum Gasteiger partial charge on any atom is 0.320 e. The molecule has 0 aromatic carbocycles. The van der Waals surface area contributed by atoms with Gasteiger partial charge in [0.1, 0.15) is 6.54 Å². The van der Waals surface area contributed by atoms with E-state index in [1.165, 1.54) is 23.9 Å². The van der Waals surface area contributed by atoms with Crippen molar-refractivity contribution < 1.29 is 19.5 Å². The van der Waals surface area contributed by atoms with Crippen LogP contribution in [0.2, 0.25) is 0 Å². The summed E-state index contributed by atoms with van der Waals surface area (Å²) in [6.45, 7) is 2.10. The average molecular weight is 257 g/mol. The van der Waals surface area contributed by atoms with E-state index in [1.54, 1.807) is 6.92 Å². The molecule has 7 nitrogen and oxygen atoms in total. The van der Waals surface area contributed by atoms with Crippen LogP contribution in [0.5, 0.6) is 0 Å². The number of urea groups is 1. The van der Waals surface area contributed by atoms with E-state index in [2.05, 4.69) is 5.32 Å². The van der Waals surface area contributed by atoms with E-state index in [0.717, 1.165) is 0 Å². The van der Waals surface area contributed by atoms with Crippen LogP contribution in [0.15, 0.2) is 0 Å². The fourth-order valence-corrected chi connectivity index (χ4v) is 2.12. The molecule has 3 amide bonds. The number of carboxylic acids is 1. The maximum absolute atomic E-state index is 12.1. The van der Waals surface area contributed by atoms with Gasteiger partial charge >= 0.3 is 12.0 Å². The fraction of sp³-hybridized carbons (Fsp3) is 0.727. The highest BCUT2D eigenvalue weighted by Gasteiger charge is 2.39. The van der Waals surface area contributed by atoms with Crippen molar-refractivity contribution in [1.29, 1.82) is 0 Å². The highest BCUT2D eigenvalue weighted by molar-refractivity contribution is 5.84. The van der Waals surface area contributed by atoms with Gasteiger partial charge in [-0.15, -0.1) is 0 Å². The Bertz CT molecular complexity index is 358. The Balaban J connectivity index is 2.63. The van der Waals surface area contributed by atoms with Gasteiger partial charge in [0.05, 0.1) is 5.92 Å². The van der Waals surface area contributed by atoms with Crippen LogP contribution < -0.4 is 5.32 Å². The Labute approximate surface area is 106 Å². The minimum absolute atomic E-state index is 0.0315. The summed E-state index contributed by atoms with van der Waals surface area (Å²) in [5.74, 6) is -1.67. The van der Waals surface area contributed by atoms with Gasteiger partial charge in [-0.3, -0.25) is 9.59 Å². The van der Waals surface area contributed by atoms with Gasteiger partial charge in [-0.25, -0.2) is 4.79 Å². The molecule has 0 aromatic rings. The first-order valence-corrected chi connectivity index (χ1v) is 5.83. The first-order valence-electron chi connectivity index (χ1n) is 5.83. The van der Waals surface area contributed by atoms with E-state index in [4.69, 9.17) is 5.11 Å². The molecule has 1 fully saturated rings. The average Bonchev–Trinajstić information content (AvgIpc) is 2.69. The molecule has 2 N–H and O–H groups in total. The molecule has 102 valence electrons. The number of carbonyl (C=O) groups is 3. The lowest BCUT2D eigenvalue weighted by Gasteiger charge is -2.28. The van der Waals surface area contributed by atoms with E-state index in [1.807, 2.05) is 0 Å². The SMILES string of the molecule is CNC(=O)CN(C)C(=O)N1CCC(C(=O)O)C1C. The predicted octanol–water partition coefficient (Wildman–Crippen LogP) is -0.421. The summed E-state index contributed by atoms with van der Waals surface area (Å²) < 4.78 is 0. The smallest absolute Gasteiger partial charge is 0.320 e. The Morgan fingerprint density at radius 3 is 2.50 bits per heavy atom. The van der Waals surface area contributed by atoms with Gasteiger partial charge in [0.15, 0.2) is 0 Å². The number of carbonyl (C=O) groups excluding carboxylic acids is 2. The minimum atomic E-state index is -0.883. The van der Waals surface area contributed by atoms with Crippen molar-refractivity contribution in [2.24, 2.45) is 5.92 Å². The van der Waals surface area contributed by atoms with Gasteiger partial charge in [0.2, 0.25) is 5.91 Å². The summed E-state index contributed by atoms with van der Waals surface area (Å²) in [4.78, 5) is 37.0. The molecular weight excluding hydrogens is 238 g/mol. The second kappa shape index (κ2) is 5.70. The van der Waals surface area contributed by atoms with E-state index in [0.29, 0.717) is 13.0 Å². The zero-order valence-electron chi connectivity index (χ0n) is 10.8. The van der Waals surface area contributed by atoms with Crippen molar-refractivity contribution in [3.8, 4) is 0 Å². The second-order valence-corrected chi connectivity index (χ2v) is 4.48. The molecule has 1 aliphatic rings. The van der Waals surface area contributed by atoms with Crippen molar-refractivity contribution in [1.82, 2.24) is 15.1 Å². The van der Waals surface area contributed by atoms with E-state index >= 15 is 0 Å². The van der Waals surface area contributed by atoms with E-state index < -0.39 is 11.9 Å². The van der Waals surface area contributed by atoms with Gasteiger partial charge in [-0.1, -0.05) is 0 Å². The second-order valence-electron chi connectivity index (χ2n) is 4.48. The number of amides is 3. The summed E-state index contributed by atoms with van der Waals surface area (Å²) in [6, 6.07) is -0.656. The molecule has 0 aliphatic carbocycles. The number of carboxylic acid groups (broad SMARTS) is 1. The molecule has 0 aromatic heterocycles. The van der Waals surface area contributed by atoms with E-state index in [9.17, 15) is 14.4 Å². The van der Waals surface area contributed by atoms with Gasteiger partial charge in [0.25, 0.3) is 0 Å². The molecule has 18 heavy (non-hydrogen) atoms. The fourth-order valence-electron chi connectivity index (χ4n) is 2.12. The maximum atomic E-state index is 12.1. The highest BCUT2D eigenvalue weighted by Crippen LogP contribution is 2.25. The summed E-state index contributed by atoms with van der Waals surface area (Å²) in [7, 11) is 3.03. The molecule has 0 spiro atoms. The minimum Gasteiger partial charge on any atom is -0.481 e. The Morgan fingerprint density at radius 2 is 2.06 bits per heavy atom. The Kier molecular flexibility index (Phi) is 4.52. The number of hydrogen-bond donors (Lipinski definition) is 2. The van der Waals surface area contributed by atoms with Crippen LogP contribution in [-0.2, 0) is 9.59 Å². The van der Waals surface area contributed by atoms with E-state index in [-0.39, 0.29) is 24.5 Å². The molecule has 0 bridgehead atoms. The lowest BCUT2D eigenvalue weighted by molar-refractivity contribution is -0.142. The van der Waals surface area contributed by atoms with Crippen molar-refractivity contribution in [2.75, 3.05) is 27.2 Å². The van der Waals surface area contributed by atoms with Crippen molar-refractivity contribution in [3.63, 3.8) is 0 Å². The van der Waals surface area contributed by atoms with Crippen LogP contribution in [0.1, 0.15) is 13.3 Å². The largest absolute Gasteiger partial charge is 0.481 e. The summed E-state index contributed by atoms with van der Waals surface area (Å²) in [5.41, 5.74) is 0. The molecule has 2 atom stereocenters. The van der Waals surface area contributed by atoms with Crippen LogP contribution in [0, 0.1) is 5.92 Å². The lowest BCUT2D eigenvalue weighted by Crippen LogP contribution is -2.47. The lowest BCUT2D eigenvalue weighted by atomic mass is 10.0. The van der Waals surface area contributed by atoms with Gasteiger partial charge < -0.3 is 20.2 Å². The Hall–Kier alpha value is -1.79. The Morgan fingerprint density at radius 1 is 1.44 bits per heavy atom. The molecule has 0 radical (unpaired) electrons. The number of aliphatic carboxylic acids is 1. The zero-order valence-corrected chi connectivity index (χ0v) is 10.8. The first kappa shape index (κ1) is 14.3. The third-order valence-corrected chi connectivity index (χ3v) is 3.30. The molecule has 1 aliphatic heterocycles. The van der Waals surface area contributed by atoms with Gasteiger partial charge in [-0.2, -0.15) is 0 Å². The standard InChI is InChI=1S/C11H19N3O4/c1-7-8(10(16)17)4-5-14(7)11(18)13(3)6-9(15)12-2/h7-8H,4-6H2,1-3H3,(H,12,15)(H,16,17). The number of likely N-dealkylation sites (tertiary alicyclic amines) is 1. The molecular formula is C11H19N3O4. The van der Waals surface area contributed by atoms with Gasteiger partial charge in [0, 0.05) is 26.7 Å². The molecule has 2 unspecified atom stereocenters. The van der Waals surface area contributed by atoms with Crippen LogP contribution in [-0.4, -0.2) is 66.0 Å². The molecule has 7 heteroatoms. The van der Waals surface area contributed by atoms with Crippen LogP contribution in [0.4, 0.5) is 4.79 Å². The number of likely N-dealkylation sites (N-methyl/N-ethyl adjacent to an activating group) is 2. The number of nitrogens with zero attached hydrogens (tertiary/aromatic N) is 2. The number of rotatable bonds is 3. The molecule has 1 saturated heterocycles. The van der Waals surface area contributed by atoms with Gasteiger partial charge in [-0.05, 0) is 13.3 Å². The first-order chi connectivity index (χ1) is 8.38. The van der Waals surface area contributed by atoms with Crippen LogP contribution in [0.3, 0.4) is 0 Å². The molecule has 1 heterocycles. The summed E-state index contributed by atoms with van der Waals surface area (Å²) >= 11 is 0. The normalized spacial score (nSPS) is 22.7. The summed E-state index contributed by atoms with van der Waals surface area (Å²) in [5, 5.41) is 11.4. The monoisotopic (exact) mass is 257 g/mol. The van der Waals surface area contributed by atoms with Crippen LogP contribution in [0.25, 0.3) is 0 Å². The summed E-state index contributed by atoms with van der Waals surface area (Å²) in [6.07, 6.45) is 0.454. The predicted molar refractivity (Wildman–Crippen MR) is 64.0 cm³/mol. The molecule has 1 rings (SSSR count). The molecule has 0 saturated carbocycles. The third kappa shape index (κ3) is 2.91. The van der Waals surface area contributed by atoms with Crippen molar-refractivity contribution in [2.45, 2.75) is 19.4 Å². The third-order valence-electron chi connectivity index (χ3n) is 3.30. The van der Waals surface area contributed by atoms with Crippen LogP contribution >= 0.6 is 0 Å². The van der Waals surface area contributed by atoms with Crippen molar-refractivity contribution in [3.05, 3.63) is 0 Å².